The second-order valence-corrected chi connectivity index (χ2v) is 5.40. The highest BCUT2D eigenvalue weighted by molar-refractivity contribution is 9.10. The van der Waals surface area contributed by atoms with Gasteiger partial charge in [0.05, 0.1) is 12.7 Å². The van der Waals surface area contributed by atoms with Crippen LogP contribution in [0.4, 0.5) is 0 Å². The summed E-state index contributed by atoms with van der Waals surface area (Å²) in [6, 6.07) is 13.3. The summed E-state index contributed by atoms with van der Waals surface area (Å²) in [6.07, 6.45) is 0. The van der Waals surface area contributed by atoms with Gasteiger partial charge in [-0.05, 0) is 18.2 Å². The molecule has 2 rings (SSSR count). The van der Waals surface area contributed by atoms with Gasteiger partial charge in [-0.2, -0.15) is 0 Å². The molecule has 0 saturated heterocycles. The van der Waals surface area contributed by atoms with Crippen LogP contribution < -0.4 is 15.2 Å². The maximum Gasteiger partial charge on any atom is 0.133 e. The summed E-state index contributed by atoms with van der Waals surface area (Å²) in [7, 11) is 1.60. The van der Waals surface area contributed by atoms with E-state index in [1.54, 1.807) is 25.3 Å². The summed E-state index contributed by atoms with van der Waals surface area (Å²) < 4.78 is 12.0. The van der Waals surface area contributed by atoms with E-state index in [-0.39, 0.29) is 0 Å². The fraction of sp³-hybridized carbons (Fsp3) is 0.133. The van der Waals surface area contributed by atoms with Crippen LogP contribution in [0.1, 0.15) is 11.1 Å². The maximum absolute atomic E-state index is 5.83. The van der Waals surface area contributed by atoms with Crippen LogP contribution in [0.3, 0.4) is 0 Å². The van der Waals surface area contributed by atoms with Crippen LogP contribution in [-0.2, 0) is 6.61 Å². The monoisotopic (exact) mass is 351 g/mol. The zero-order valence-corrected chi connectivity index (χ0v) is 13.3. The van der Waals surface area contributed by atoms with Gasteiger partial charge in [0.1, 0.15) is 23.1 Å². The predicted molar refractivity (Wildman–Crippen MR) is 87.4 cm³/mol. The molecule has 0 unspecified atom stereocenters. The van der Waals surface area contributed by atoms with Crippen LogP contribution in [0.2, 0.25) is 0 Å². The molecule has 0 bridgehead atoms. The Balaban J connectivity index is 2.24. The summed E-state index contributed by atoms with van der Waals surface area (Å²) >= 11 is 8.52. The summed E-state index contributed by atoms with van der Waals surface area (Å²) in [5.41, 5.74) is 7.45. The van der Waals surface area contributed by atoms with Crippen molar-refractivity contribution in [1.82, 2.24) is 0 Å². The highest BCUT2D eigenvalue weighted by atomic mass is 79.9. The van der Waals surface area contributed by atoms with Gasteiger partial charge in [0.25, 0.3) is 0 Å². The molecule has 3 nitrogen and oxygen atoms in total. The van der Waals surface area contributed by atoms with E-state index in [0.717, 1.165) is 10.0 Å². The minimum absolute atomic E-state index is 0.301. The molecule has 0 aliphatic carbocycles. The SMILES string of the molecule is COc1ccc(C(N)=S)c(OCc2ccccc2Br)c1. The lowest BCUT2D eigenvalue weighted by Crippen LogP contribution is -2.12. The summed E-state index contributed by atoms with van der Waals surface area (Å²) in [5.74, 6) is 1.32. The Morgan fingerprint density at radius 1 is 1.25 bits per heavy atom. The van der Waals surface area contributed by atoms with E-state index in [0.29, 0.717) is 28.7 Å². The standard InChI is InChI=1S/C15H14BrNO2S/c1-18-11-6-7-12(15(17)20)14(8-11)19-9-10-4-2-3-5-13(10)16/h2-8H,9H2,1H3,(H2,17,20). The van der Waals surface area contributed by atoms with Gasteiger partial charge in [0.2, 0.25) is 0 Å². The highest BCUT2D eigenvalue weighted by Crippen LogP contribution is 2.26. The van der Waals surface area contributed by atoms with Crippen LogP contribution in [-0.4, -0.2) is 12.1 Å². The molecule has 0 atom stereocenters. The molecular formula is C15H14BrNO2S. The van der Waals surface area contributed by atoms with Gasteiger partial charge in [0.15, 0.2) is 0 Å². The molecule has 0 aliphatic heterocycles. The third-order valence-corrected chi connectivity index (χ3v) is 3.79. The molecule has 2 N–H and O–H groups in total. The summed E-state index contributed by atoms with van der Waals surface area (Å²) in [5, 5.41) is 0. The van der Waals surface area contributed by atoms with Crippen molar-refractivity contribution in [3.63, 3.8) is 0 Å². The second-order valence-electron chi connectivity index (χ2n) is 4.11. The van der Waals surface area contributed by atoms with Crippen molar-refractivity contribution in [2.24, 2.45) is 5.73 Å². The van der Waals surface area contributed by atoms with Crippen molar-refractivity contribution in [3.05, 3.63) is 58.1 Å². The van der Waals surface area contributed by atoms with Crippen molar-refractivity contribution in [2.45, 2.75) is 6.61 Å². The lowest BCUT2D eigenvalue weighted by atomic mass is 10.2. The average molecular weight is 352 g/mol. The van der Waals surface area contributed by atoms with Gasteiger partial charge in [-0.15, -0.1) is 0 Å². The first kappa shape index (κ1) is 14.8. The van der Waals surface area contributed by atoms with Gasteiger partial charge in [-0.25, -0.2) is 0 Å². The number of nitrogens with two attached hydrogens (primary N) is 1. The van der Waals surface area contributed by atoms with E-state index in [1.807, 2.05) is 24.3 Å². The molecule has 0 amide bonds. The van der Waals surface area contributed by atoms with Gasteiger partial charge in [0, 0.05) is 16.1 Å². The number of hydrogen-bond donors (Lipinski definition) is 1. The van der Waals surface area contributed by atoms with Gasteiger partial charge < -0.3 is 15.2 Å². The van der Waals surface area contributed by atoms with Crippen LogP contribution in [0, 0.1) is 0 Å². The van der Waals surface area contributed by atoms with Gasteiger partial charge >= 0.3 is 0 Å². The molecule has 5 heteroatoms. The Morgan fingerprint density at radius 3 is 2.65 bits per heavy atom. The fourth-order valence-corrected chi connectivity index (χ4v) is 2.29. The summed E-state index contributed by atoms with van der Waals surface area (Å²) in [4.78, 5) is 0.301. The molecule has 2 aromatic carbocycles. The van der Waals surface area contributed by atoms with E-state index < -0.39 is 0 Å². The van der Waals surface area contributed by atoms with Crippen LogP contribution in [0.25, 0.3) is 0 Å². The van der Waals surface area contributed by atoms with Gasteiger partial charge in [-0.3, -0.25) is 0 Å². The Hall–Kier alpha value is -1.59. The minimum Gasteiger partial charge on any atom is -0.497 e. The second kappa shape index (κ2) is 6.72. The maximum atomic E-state index is 5.83. The third kappa shape index (κ3) is 3.49. The third-order valence-electron chi connectivity index (χ3n) is 2.80. The number of rotatable bonds is 5. The lowest BCUT2D eigenvalue weighted by Gasteiger charge is -2.13. The Bertz CT molecular complexity index is 631. The van der Waals surface area contributed by atoms with E-state index in [9.17, 15) is 0 Å². The Morgan fingerprint density at radius 2 is 2.00 bits per heavy atom. The normalized spacial score (nSPS) is 10.1. The molecule has 104 valence electrons. The average Bonchev–Trinajstić information content (AvgIpc) is 2.46. The molecule has 20 heavy (non-hydrogen) atoms. The van der Waals surface area contributed by atoms with Crippen LogP contribution in [0.5, 0.6) is 11.5 Å². The topological polar surface area (TPSA) is 44.5 Å². The molecule has 0 spiro atoms. The number of benzene rings is 2. The molecule has 0 fully saturated rings. The first-order chi connectivity index (χ1) is 9.61. The molecule has 0 aromatic heterocycles. The summed E-state index contributed by atoms with van der Waals surface area (Å²) in [6.45, 7) is 0.421. The van der Waals surface area contributed by atoms with Crippen molar-refractivity contribution < 1.29 is 9.47 Å². The van der Waals surface area contributed by atoms with Crippen molar-refractivity contribution >= 4 is 33.1 Å². The largest absolute Gasteiger partial charge is 0.497 e. The van der Waals surface area contributed by atoms with Gasteiger partial charge in [-0.1, -0.05) is 46.3 Å². The van der Waals surface area contributed by atoms with E-state index in [1.165, 1.54) is 0 Å². The molecule has 0 aliphatic rings. The quantitative estimate of drug-likeness (QED) is 0.834. The lowest BCUT2D eigenvalue weighted by molar-refractivity contribution is 0.302. The Labute approximate surface area is 131 Å². The molecular weight excluding hydrogens is 338 g/mol. The predicted octanol–water partition coefficient (Wildman–Crippen LogP) is 3.67. The highest BCUT2D eigenvalue weighted by Gasteiger charge is 2.09. The number of ether oxygens (including phenoxy) is 2. The number of halogens is 1. The number of hydrogen-bond acceptors (Lipinski definition) is 3. The molecule has 0 heterocycles. The number of methoxy groups -OCH3 is 1. The first-order valence-corrected chi connectivity index (χ1v) is 7.16. The Kier molecular flexibility index (Phi) is 4.98. The van der Waals surface area contributed by atoms with E-state index >= 15 is 0 Å². The molecule has 0 saturated carbocycles. The zero-order chi connectivity index (χ0) is 14.5. The van der Waals surface area contributed by atoms with Crippen molar-refractivity contribution in [3.8, 4) is 11.5 Å². The number of thiocarbonyl (C=S) groups is 1. The minimum atomic E-state index is 0.301. The molecule has 0 radical (unpaired) electrons. The van der Waals surface area contributed by atoms with Crippen molar-refractivity contribution in [1.29, 1.82) is 0 Å². The van der Waals surface area contributed by atoms with Crippen LogP contribution >= 0.6 is 28.1 Å². The molecule has 2 aromatic rings. The van der Waals surface area contributed by atoms with Crippen LogP contribution in [0.15, 0.2) is 46.9 Å². The first-order valence-electron chi connectivity index (χ1n) is 5.96. The van der Waals surface area contributed by atoms with Crippen molar-refractivity contribution in [2.75, 3.05) is 7.11 Å². The van der Waals surface area contributed by atoms with E-state index in [2.05, 4.69) is 15.9 Å². The smallest absolute Gasteiger partial charge is 0.133 e. The van der Waals surface area contributed by atoms with E-state index in [4.69, 9.17) is 27.4 Å². The zero-order valence-electron chi connectivity index (χ0n) is 10.9. The fourth-order valence-electron chi connectivity index (χ4n) is 1.72.